The van der Waals surface area contributed by atoms with E-state index in [4.69, 9.17) is 25.2 Å². The summed E-state index contributed by atoms with van der Waals surface area (Å²) in [6.45, 7) is 12.4. The molecule has 5 aromatic rings. The topological polar surface area (TPSA) is 176 Å². The van der Waals surface area contributed by atoms with Crippen molar-refractivity contribution in [1.29, 1.82) is 0 Å². The third-order valence-electron chi connectivity index (χ3n) is 8.96. The molecule has 15 nitrogen and oxygen atoms in total. The minimum absolute atomic E-state index is 0.294. The maximum absolute atomic E-state index is 13.4. The van der Waals surface area contributed by atoms with Crippen molar-refractivity contribution in [2.75, 3.05) is 51.8 Å². The Morgan fingerprint density at radius 3 is 2.41 bits per heavy atom. The van der Waals surface area contributed by atoms with E-state index in [-0.39, 0.29) is 5.91 Å². The number of aromatic nitrogens is 6. The van der Waals surface area contributed by atoms with Gasteiger partial charge in [-0.2, -0.15) is 5.10 Å². The number of nitrogens with zero attached hydrogens (tertiary/aromatic N) is 7. The fourth-order valence-electron chi connectivity index (χ4n) is 6.47. The average Bonchev–Trinajstić information content (AvgIpc) is 3.79. The van der Waals surface area contributed by atoms with Crippen molar-refractivity contribution in [3.05, 3.63) is 70.8 Å². The Hall–Kier alpha value is -5.54. The third-order valence-corrected chi connectivity index (χ3v) is 8.96. The molecule has 15 heteroatoms. The lowest BCUT2D eigenvalue weighted by molar-refractivity contribution is 0.0995. The normalized spacial score (nSPS) is 13.7. The Morgan fingerprint density at radius 1 is 0.980 bits per heavy atom. The summed E-state index contributed by atoms with van der Waals surface area (Å²) < 4.78 is 17.5. The lowest BCUT2D eigenvalue weighted by atomic mass is 10.1. The van der Waals surface area contributed by atoms with Gasteiger partial charge in [-0.05, 0) is 57.5 Å². The molecule has 0 saturated carbocycles. The Bertz CT molecular complexity index is 2100. The van der Waals surface area contributed by atoms with Gasteiger partial charge in [0.05, 0.1) is 30.4 Å². The molecule has 1 aliphatic rings. The molecular weight excluding hydrogens is 652 g/mol. The van der Waals surface area contributed by atoms with Gasteiger partial charge in [0, 0.05) is 63.5 Å². The molecule has 2 amide bonds. The molecule has 1 fully saturated rings. The van der Waals surface area contributed by atoms with Crippen LogP contribution in [0.15, 0.2) is 42.5 Å². The lowest BCUT2D eigenvalue weighted by Crippen LogP contribution is -2.43. The van der Waals surface area contributed by atoms with Crippen LogP contribution in [0.25, 0.3) is 22.1 Å². The first kappa shape index (κ1) is 35.3. The van der Waals surface area contributed by atoms with Gasteiger partial charge in [0.2, 0.25) is 11.9 Å². The Balaban J connectivity index is 1.27. The van der Waals surface area contributed by atoms with Gasteiger partial charge in [-0.15, -0.1) is 0 Å². The van der Waals surface area contributed by atoms with Gasteiger partial charge in [0.25, 0.3) is 5.91 Å². The van der Waals surface area contributed by atoms with Crippen LogP contribution in [-0.4, -0.2) is 98.3 Å². The maximum Gasteiger partial charge on any atom is 0.276 e. The number of nitrogens with two attached hydrogens (primary N) is 1. The van der Waals surface area contributed by atoms with Crippen LogP contribution in [0.2, 0.25) is 0 Å². The van der Waals surface area contributed by atoms with Gasteiger partial charge in [-0.1, -0.05) is 12.2 Å². The lowest BCUT2D eigenvalue weighted by Gasteiger charge is -2.27. The molecule has 0 radical (unpaired) electrons. The molecule has 0 bridgehead atoms. The van der Waals surface area contributed by atoms with Gasteiger partial charge in [-0.25, -0.2) is 9.97 Å². The SMILES string of the molecule is CCn1nc(C)cc1C(=O)Nc1nc2cc(C=O)cc(OC)c2n1C/C=C/Cn1c(C)nc2cc(C(N)=O)cc(OCCCN3CCNCC3)c21. The predicted octanol–water partition coefficient (Wildman–Crippen LogP) is 3.32. The second kappa shape index (κ2) is 15.6. The van der Waals surface area contributed by atoms with E-state index in [9.17, 15) is 14.4 Å². The van der Waals surface area contributed by atoms with E-state index in [1.807, 2.05) is 42.1 Å². The maximum atomic E-state index is 13.4. The molecule has 51 heavy (non-hydrogen) atoms. The fourth-order valence-corrected chi connectivity index (χ4v) is 6.47. The van der Waals surface area contributed by atoms with Gasteiger partial charge in [-0.3, -0.25) is 24.4 Å². The molecule has 0 atom stereocenters. The summed E-state index contributed by atoms with van der Waals surface area (Å²) in [6.07, 6.45) is 5.52. The Kier molecular flexibility index (Phi) is 10.8. The number of aldehydes is 1. The highest BCUT2D eigenvalue weighted by Gasteiger charge is 2.21. The zero-order chi connectivity index (χ0) is 36.1. The zero-order valence-electron chi connectivity index (χ0n) is 29.4. The standard InChI is InChI=1S/C36H44N10O5/c1-5-46-29(17-23(2)42-46)35(49)41-36-40-27-18-25(22-47)19-30(50-4)32(27)45(36)13-7-6-12-44-24(3)39-28-20-26(34(37)48)21-31(33(28)44)51-16-8-11-43-14-9-38-10-15-43/h6-7,17-22,38H,5,8-16H2,1-4H3,(H2,37,48)(H,40,41,49)/b7-6+. The highest BCUT2D eigenvalue weighted by atomic mass is 16.5. The summed E-state index contributed by atoms with van der Waals surface area (Å²) in [7, 11) is 1.53. The van der Waals surface area contributed by atoms with E-state index >= 15 is 0 Å². The molecular formula is C36H44N10O5. The number of allylic oxidation sites excluding steroid dienone is 2. The number of imidazole rings is 2. The second-order valence-electron chi connectivity index (χ2n) is 12.4. The summed E-state index contributed by atoms with van der Waals surface area (Å²) in [5.41, 5.74) is 10.1. The molecule has 0 spiro atoms. The summed E-state index contributed by atoms with van der Waals surface area (Å²) >= 11 is 0. The van der Waals surface area contributed by atoms with Gasteiger partial charge < -0.3 is 34.6 Å². The van der Waals surface area contributed by atoms with Crippen molar-refractivity contribution in [2.24, 2.45) is 5.73 Å². The van der Waals surface area contributed by atoms with Crippen LogP contribution in [0, 0.1) is 13.8 Å². The van der Waals surface area contributed by atoms with Crippen molar-refractivity contribution in [2.45, 2.75) is 46.8 Å². The number of aryl methyl sites for hydroxylation is 3. The van der Waals surface area contributed by atoms with E-state index in [0.717, 1.165) is 62.5 Å². The second-order valence-corrected chi connectivity index (χ2v) is 12.4. The molecule has 268 valence electrons. The van der Waals surface area contributed by atoms with Gasteiger partial charge in [0.15, 0.2) is 0 Å². The van der Waals surface area contributed by atoms with E-state index in [0.29, 0.717) is 77.1 Å². The summed E-state index contributed by atoms with van der Waals surface area (Å²) in [5.74, 6) is 1.14. The zero-order valence-corrected chi connectivity index (χ0v) is 29.4. The van der Waals surface area contributed by atoms with Gasteiger partial charge in [0.1, 0.15) is 40.3 Å². The van der Waals surface area contributed by atoms with Crippen molar-refractivity contribution >= 4 is 46.1 Å². The summed E-state index contributed by atoms with van der Waals surface area (Å²) in [6, 6.07) is 8.41. The molecule has 3 aromatic heterocycles. The largest absolute Gasteiger partial charge is 0.494 e. The number of primary amides is 1. The quantitative estimate of drug-likeness (QED) is 0.0836. The number of rotatable bonds is 15. The third kappa shape index (κ3) is 7.64. The summed E-state index contributed by atoms with van der Waals surface area (Å²) in [5, 5.41) is 10.7. The van der Waals surface area contributed by atoms with Crippen LogP contribution in [0.5, 0.6) is 11.5 Å². The number of carbonyl (C=O) groups is 3. The number of carbonyl (C=O) groups excluding carboxylic acids is 3. The number of nitrogens with one attached hydrogen (secondary N) is 2. The molecule has 0 aliphatic carbocycles. The number of hydrogen-bond acceptors (Lipinski definition) is 10. The van der Waals surface area contributed by atoms with Crippen LogP contribution in [0.4, 0.5) is 5.95 Å². The highest BCUT2D eigenvalue weighted by Crippen LogP contribution is 2.32. The van der Waals surface area contributed by atoms with Crippen molar-refractivity contribution in [3.63, 3.8) is 0 Å². The number of ether oxygens (including phenoxy) is 2. The molecule has 4 heterocycles. The first-order valence-electron chi connectivity index (χ1n) is 17.1. The molecule has 1 saturated heterocycles. The average molecular weight is 697 g/mol. The van der Waals surface area contributed by atoms with Crippen molar-refractivity contribution in [3.8, 4) is 11.5 Å². The fraction of sp³-hybridized carbons (Fsp3) is 0.389. The monoisotopic (exact) mass is 696 g/mol. The van der Waals surface area contributed by atoms with Crippen LogP contribution >= 0.6 is 0 Å². The van der Waals surface area contributed by atoms with E-state index in [2.05, 4.69) is 20.6 Å². The molecule has 4 N–H and O–H groups in total. The molecule has 2 aromatic carbocycles. The number of piperazine rings is 1. The van der Waals surface area contributed by atoms with Crippen LogP contribution in [-0.2, 0) is 19.6 Å². The number of anilines is 1. The van der Waals surface area contributed by atoms with Crippen molar-refractivity contribution < 1.29 is 23.9 Å². The molecule has 1 aliphatic heterocycles. The van der Waals surface area contributed by atoms with E-state index in [1.54, 1.807) is 35.0 Å². The highest BCUT2D eigenvalue weighted by molar-refractivity contribution is 6.03. The molecule has 6 rings (SSSR count). The smallest absolute Gasteiger partial charge is 0.276 e. The number of fused-ring (bicyclic) bond motifs is 2. The Labute approximate surface area is 295 Å². The van der Waals surface area contributed by atoms with Crippen LogP contribution < -0.4 is 25.8 Å². The van der Waals surface area contributed by atoms with Gasteiger partial charge >= 0.3 is 0 Å². The van der Waals surface area contributed by atoms with Crippen molar-refractivity contribution in [1.82, 2.24) is 39.1 Å². The number of hydrogen-bond donors (Lipinski definition) is 3. The summed E-state index contributed by atoms with van der Waals surface area (Å²) in [4.78, 5) is 49.1. The minimum atomic E-state index is -0.546. The first-order chi connectivity index (χ1) is 24.7. The van der Waals surface area contributed by atoms with Crippen LogP contribution in [0.3, 0.4) is 0 Å². The number of amides is 2. The number of benzene rings is 2. The van der Waals surface area contributed by atoms with Crippen LogP contribution in [0.1, 0.15) is 56.1 Å². The Morgan fingerprint density at radius 2 is 1.71 bits per heavy atom. The minimum Gasteiger partial charge on any atom is -0.494 e. The van der Waals surface area contributed by atoms with E-state index < -0.39 is 5.91 Å². The predicted molar refractivity (Wildman–Crippen MR) is 194 cm³/mol. The number of methoxy groups -OCH3 is 1. The molecule has 0 unspecified atom stereocenters. The van der Waals surface area contributed by atoms with E-state index in [1.165, 1.54) is 7.11 Å². The first-order valence-corrected chi connectivity index (χ1v) is 17.1.